The van der Waals surface area contributed by atoms with Crippen molar-refractivity contribution in [3.05, 3.63) is 76.6 Å². The minimum absolute atomic E-state index is 0.0353. The summed E-state index contributed by atoms with van der Waals surface area (Å²) in [6.45, 7) is 6.39. The van der Waals surface area contributed by atoms with Crippen LogP contribution in [-0.4, -0.2) is 45.3 Å². The van der Waals surface area contributed by atoms with Gasteiger partial charge < -0.3 is 19.8 Å². The number of hydrogen-bond acceptors (Lipinski definition) is 4. The van der Waals surface area contributed by atoms with Gasteiger partial charge >= 0.3 is 0 Å². The van der Waals surface area contributed by atoms with Crippen LogP contribution in [0.15, 0.2) is 47.4 Å². The van der Waals surface area contributed by atoms with Crippen LogP contribution in [0.1, 0.15) is 45.0 Å². The summed E-state index contributed by atoms with van der Waals surface area (Å²) in [5.41, 5.74) is 1.84. The molecule has 0 spiro atoms. The fourth-order valence-electron chi connectivity index (χ4n) is 3.73. The van der Waals surface area contributed by atoms with Gasteiger partial charge in [0.25, 0.3) is 5.56 Å². The fourth-order valence-corrected chi connectivity index (χ4v) is 3.73. The summed E-state index contributed by atoms with van der Waals surface area (Å²) in [5.74, 6) is -0.354. The third-order valence-electron chi connectivity index (χ3n) is 5.37. The number of H-pyrrole nitrogens is 1. The van der Waals surface area contributed by atoms with Crippen LogP contribution in [0.25, 0.3) is 11.0 Å². The van der Waals surface area contributed by atoms with Crippen molar-refractivity contribution in [3.63, 3.8) is 0 Å². The summed E-state index contributed by atoms with van der Waals surface area (Å²) < 4.78 is 15.6. The highest BCUT2D eigenvalue weighted by molar-refractivity contribution is 5.96. The zero-order valence-corrected chi connectivity index (χ0v) is 21.4. The number of rotatable bonds is 9. The molecule has 2 N–H and O–H groups in total. The molecule has 0 aliphatic rings. The highest BCUT2D eigenvalue weighted by Crippen LogP contribution is 2.26. The number of pyridine rings is 1. The molecule has 2 amide bonds. The number of halogens is 1. The molecule has 3 rings (SSSR count). The molecule has 0 saturated heterocycles. The van der Waals surface area contributed by atoms with E-state index in [1.807, 2.05) is 0 Å². The molecule has 0 aliphatic heterocycles. The van der Waals surface area contributed by atoms with Crippen molar-refractivity contribution >= 4 is 28.5 Å². The van der Waals surface area contributed by atoms with Crippen molar-refractivity contribution < 1.29 is 14.0 Å². The van der Waals surface area contributed by atoms with Gasteiger partial charge in [-0.2, -0.15) is 0 Å². The summed E-state index contributed by atoms with van der Waals surface area (Å²) in [6.07, 6.45) is 7.83. The standard InChI is InChI=1S/C27H33FN5O3/c1-27(2,3)16-18-14-19(28)15-21-25(18)31-22(29-21)17-33-13-9-10-20(26(33)36)30-23(34)11-7-6-8-12-24(35)32(4)5/h8-15H,6-7,16-17H2,1-5H3,(H,29,31)(H,30,34)/b12-8+. The zero-order chi connectivity index (χ0) is 26.5. The van der Waals surface area contributed by atoms with Gasteiger partial charge in [-0.15, -0.1) is 0 Å². The molecule has 0 atom stereocenters. The number of benzene rings is 1. The van der Waals surface area contributed by atoms with Crippen LogP contribution < -0.4 is 10.9 Å². The van der Waals surface area contributed by atoms with E-state index in [2.05, 4.69) is 36.1 Å². The monoisotopic (exact) mass is 494 g/mol. The molecule has 1 aromatic carbocycles. The first kappa shape index (κ1) is 26.8. The second-order valence-electron chi connectivity index (χ2n) is 10.1. The number of amides is 2. The van der Waals surface area contributed by atoms with Crippen molar-refractivity contribution in [3.8, 4) is 0 Å². The van der Waals surface area contributed by atoms with Gasteiger partial charge in [-0.3, -0.25) is 14.4 Å². The normalized spacial score (nSPS) is 11.8. The minimum Gasteiger partial charge on any atom is -0.345 e. The Kier molecular flexibility index (Phi) is 8.45. The van der Waals surface area contributed by atoms with Crippen molar-refractivity contribution in [2.45, 2.75) is 46.6 Å². The molecule has 0 fully saturated rings. The number of carbonyl (C=O) groups is 2. The molecule has 0 aliphatic carbocycles. The van der Waals surface area contributed by atoms with Gasteiger partial charge in [0.1, 0.15) is 17.3 Å². The van der Waals surface area contributed by atoms with Gasteiger partial charge in [0, 0.05) is 26.4 Å². The second kappa shape index (κ2) is 11.3. The SMILES string of the molecule is CN(C)C(=O)/C=C/CC[CH]C(=O)Nc1cccn(Cc2nc3cc(F)cc(CC(C)(C)C)c3[nH]2)c1=O. The predicted molar refractivity (Wildman–Crippen MR) is 139 cm³/mol. The largest absolute Gasteiger partial charge is 0.345 e. The molecule has 36 heavy (non-hydrogen) atoms. The van der Waals surface area contributed by atoms with E-state index in [1.54, 1.807) is 32.4 Å². The van der Waals surface area contributed by atoms with Gasteiger partial charge in [0.2, 0.25) is 11.8 Å². The molecule has 2 aromatic heterocycles. The highest BCUT2D eigenvalue weighted by Gasteiger charge is 2.17. The maximum absolute atomic E-state index is 14.2. The Balaban J connectivity index is 1.68. The number of aromatic nitrogens is 3. The van der Waals surface area contributed by atoms with Gasteiger partial charge in [-0.1, -0.05) is 26.8 Å². The summed E-state index contributed by atoms with van der Waals surface area (Å²) in [7, 11) is 3.33. The molecule has 0 saturated carbocycles. The quantitative estimate of drug-likeness (QED) is 0.346. The first-order valence-electron chi connectivity index (χ1n) is 11.8. The maximum atomic E-state index is 14.2. The van der Waals surface area contributed by atoms with E-state index >= 15 is 0 Å². The molecular weight excluding hydrogens is 461 g/mol. The lowest BCUT2D eigenvalue weighted by atomic mass is 9.87. The van der Waals surface area contributed by atoms with E-state index in [1.165, 1.54) is 40.2 Å². The Bertz CT molecular complexity index is 1330. The van der Waals surface area contributed by atoms with Crippen LogP contribution in [-0.2, 0) is 22.6 Å². The first-order chi connectivity index (χ1) is 16.9. The molecule has 3 aromatic rings. The number of nitrogens with one attached hydrogen (secondary N) is 2. The van der Waals surface area contributed by atoms with Crippen LogP contribution in [0.3, 0.4) is 0 Å². The van der Waals surface area contributed by atoms with E-state index in [4.69, 9.17) is 0 Å². The molecule has 0 unspecified atom stereocenters. The van der Waals surface area contributed by atoms with Gasteiger partial charge in [-0.05, 0) is 54.5 Å². The smallest absolute Gasteiger partial charge is 0.274 e. The summed E-state index contributed by atoms with van der Waals surface area (Å²) in [4.78, 5) is 45.9. The minimum atomic E-state index is -0.400. The molecular formula is C27H33FN5O3. The number of anilines is 1. The average molecular weight is 495 g/mol. The number of likely N-dealkylation sites (N-methyl/N-ethyl adjacent to an activating group) is 1. The Labute approximate surface area is 210 Å². The van der Waals surface area contributed by atoms with Crippen molar-refractivity contribution in [2.75, 3.05) is 19.4 Å². The summed E-state index contributed by atoms with van der Waals surface area (Å²) in [5, 5.41) is 2.62. The molecule has 1 radical (unpaired) electrons. The van der Waals surface area contributed by atoms with E-state index in [0.29, 0.717) is 30.6 Å². The number of aromatic amines is 1. The Morgan fingerprint density at radius 1 is 1.22 bits per heavy atom. The van der Waals surface area contributed by atoms with Crippen LogP contribution in [0.4, 0.5) is 10.1 Å². The van der Waals surface area contributed by atoms with Crippen LogP contribution in [0.5, 0.6) is 0 Å². The van der Waals surface area contributed by atoms with E-state index in [-0.39, 0.29) is 34.9 Å². The molecule has 191 valence electrons. The number of carbonyl (C=O) groups excluding carboxylic acids is 2. The van der Waals surface area contributed by atoms with Crippen LogP contribution in [0.2, 0.25) is 0 Å². The third kappa shape index (κ3) is 7.37. The van der Waals surface area contributed by atoms with E-state index in [9.17, 15) is 18.8 Å². The predicted octanol–water partition coefficient (Wildman–Crippen LogP) is 4.07. The molecule has 9 heteroatoms. The Morgan fingerprint density at radius 3 is 2.67 bits per heavy atom. The lowest BCUT2D eigenvalue weighted by Crippen LogP contribution is -2.26. The lowest BCUT2D eigenvalue weighted by Gasteiger charge is -2.18. The number of nitrogens with zero attached hydrogens (tertiary/aromatic N) is 3. The Morgan fingerprint density at radius 2 is 1.97 bits per heavy atom. The Hall–Kier alpha value is -3.75. The number of unbranched alkanes of at least 4 members (excludes halogenated alkanes) is 1. The number of fused-ring (bicyclic) bond motifs is 1. The second-order valence-corrected chi connectivity index (χ2v) is 10.1. The van der Waals surface area contributed by atoms with Crippen molar-refractivity contribution in [2.24, 2.45) is 5.41 Å². The highest BCUT2D eigenvalue weighted by atomic mass is 19.1. The molecule has 2 heterocycles. The van der Waals surface area contributed by atoms with E-state index in [0.717, 1.165) is 11.1 Å². The average Bonchev–Trinajstić information content (AvgIpc) is 3.17. The zero-order valence-electron chi connectivity index (χ0n) is 21.4. The van der Waals surface area contributed by atoms with Gasteiger partial charge in [0.15, 0.2) is 0 Å². The topological polar surface area (TPSA) is 100 Å². The maximum Gasteiger partial charge on any atom is 0.274 e. The van der Waals surface area contributed by atoms with Crippen molar-refractivity contribution in [1.82, 2.24) is 19.4 Å². The number of imidazole rings is 1. The number of hydrogen-bond donors (Lipinski definition) is 2. The number of allylic oxidation sites excluding steroid dienone is 1. The fraction of sp³-hybridized carbons (Fsp3) is 0.370. The van der Waals surface area contributed by atoms with Gasteiger partial charge in [0.05, 0.1) is 24.0 Å². The molecule has 8 nitrogen and oxygen atoms in total. The van der Waals surface area contributed by atoms with Crippen LogP contribution in [0, 0.1) is 17.7 Å². The summed E-state index contributed by atoms with van der Waals surface area (Å²) in [6, 6.07) is 6.10. The third-order valence-corrected chi connectivity index (χ3v) is 5.37. The molecule has 0 bridgehead atoms. The first-order valence-corrected chi connectivity index (χ1v) is 11.8. The van der Waals surface area contributed by atoms with Crippen molar-refractivity contribution in [1.29, 1.82) is 0 Å². The van der Waals surface area contributed by atoms with Gasteiger partial charge in [-0.25, -0.2) is 9.37 Å². The lowest BCUT2D eigenvalue weighted by molar-refractivity contribution is -0.123. The van der Waals surface area contributed by atoms with E-state index < -0.39 is 5.91 Å². The van der Waals surface area contributed by atoms with Crippen LogP contribution >= 0.6 is 0 Å². The summed E-state index contributed by atoms with van der Waals surface area (Å²) >= 11 is 0.